The minimum absolute atomic E-state index is 0.0537. The fourth-order valence-electron chi connectivity index (χ4n) is 3.00. The number of benzene rings is 1. The normalized spacial score (nSPS) is 16.3. The molecular weight excluding hydrogens is 338 g/mol. The first-order chi connectivity index (χ1) is 11.3. The molecule has 1 aromatic carbocycles. The lowest BCUT2D eigenvalue weighted by atomic mass is 9.95. The molecule has 0 atom stereocenters. The second-order valence-corrected chi connectivity index (χ2v) is 8.02. The molecule has 2 rings (SSSR count). The zero-order valence-corrected chi connectivity index (χ0v) is 14.4. The second kappa shape index (κ2) is 8.02. The van der Waals surface area contributed by atoms with Gasteiger partial charge in [0.25, 0.3) is 0 Å². The maximum atomic E-state index is 13.5. The van der Waals surface area contributed by atoms with E-state index in [1.54, 1.807) is 0 Å². The first-order valence-corrected chi connectivity index (χ1v) is 9.84. The quantitative estimate of drug-likeness (QED) is 0.848. The van der Waals surface area contributed by atoms with Crippen molar-refractivity contribution in [3.63, 3.8) is 0 Å². The van der Waals surface area contributed by atoms with Crippen LogP contribution in [0.4, 0.5) is 14.5 Å². The maximum absolute atomic E-state index is 13.5. The topological polar surface area (TPSA) is 66.5 Å². The molecule has 0 spiro atoms. The van der Waals surface area contributed by atoms with Crippen LogP contribution in [0.25, 0.3) is 0 Å². The van der Waals surface area contributed by atoms with E-state index in [1.807, 2.05) is 0 Å². The van der Waals surface area contributed by atoms with Crippen LogP contribution in [-0.4, -0.2) is 37.5 Å². The van der Waals surface area contributed by atoms with Crippen LogP contribution in [0.1, 0.15) is 38.5 Å². The summed E-state index contributed by atoms with van der Waals surface area (Å²) in [6, 6.07) is 2.78. The average molecular weight is 360 g/mol. The summed E-state index contributed by atoms with van der Waals surface area (Å²) in [4.78, 5) is 12.0. The lowest BCUT2D eigenvalue weighted by Crippen LogP contribution is -2.42. The third kappa shape index (κ3) is 5.24. The van der Waals surface area contributed by atoms with Gasteiger partial charge in [0.05, 0.1) is 11.9 Å². The number of nitrogens with zero attached hydrogens (tertiary/aromatic N) is 1. The van der Waals surface area contributed by atoms with Gasteiger partial charge in [-0.05, 0) is 25.0 Å². The third-order valence-electron chi connectivity index (χ3n) is 4.17. The van der Waals surface area contributed by atoms with Crippen molar-refractivity contribution in [3.8, 4) is 0 Å². The van der Waals surface area contributed by atoms with Crippen molar-refractivity contribution >= 4 is 21.6 Å². The Bertz CT molecular complexity index is 689. The molecule has 1 fully saturated rings. The molecule has 0 aromatic heterocycles. The van der Waals surface area contributed by atoms with Gasteiger partial charge < -0.3 is 5.32 Å². The molecule has 24 heavy (non-hydrogen) atoms. The number of rotatable bonds is 6. The number of halogens is 2. The number of hydrogen-bond acceptors (Lipinski definition) is 3. The molecule has 0 aliphatic heterocycles. The Labute approximate surface area is 141 Å². The van der Waals surface area contributed by atoms with E-state index in [0.29, 0.717) is 6.07 Å². The number of carbonyl (C=O) groups excluding carboxylic acids is 1. The Balaban J connectivity index is 1.96. The van der Waals surface area contributed by atoms with E-state index in [1.165, 1.54) is 4.31 Å². The molecular formula is C16H22F2N2O3S. The molecule has 1 saturated carbocycles. The van der Waals surface area contributed by atoms with E-state index in [0.717, 1.165) is 50.5 Å². The largest absolute Gasteiger partial charge is 0.324 e. The van der Waals surface area contributed by atoms with Crippen molar-refractivity contribution in [1.29, 1.82) is 0 Å². The van der Waals surface area contributed by atoms with Gasteiger partial charge in [0, 0.05) is 25.1 Å². The molecule has 1 amide bonds. The predicted octanol–water partition coefficient (Wildman–Crippen LogP) is 2.89. The van der Waals surface area contributed by atoms with Gasteiger partial charge in [-0.25, -0.2) is 17.2 Å². The standard InChI is InChI=1S/C16H22F2N2O3S/c1-24(22,23)20(13-5-3-2-4-6-13)10-9-16(21)19-15-8-7-12(17)11-14(15)18/h7-8,11,13H,2-6,9-10H2,1H3,(H,19,21). The summed E-state index contributed by atoms with van der Waals surface area (Å²) in [6.07, 6.45) is 5.69. The second-order valence-electron chi connectivity index (χ2n) is 6.09. The molecule has 0 bridgehead atoms. The first kappa shape index (κ1) is 18.8. The van der Waals surface area contributed by atoms with E-state index >= 15 is 0 Å². The summed E-state index contributed by atoms with van der Waals surface area (Å²) < 4.78 is 51.7. The smallest absolute Gasteiger partial charge is 0.225 e. The average Bonchev–Trinajstić information content (AvgIpc) is 2.50. The van der Waals surface area contributed by atoms with Crippen molar-refractivity contribution in [1.82, 2.24) is 4.31 Å². The molecule has 134 valence electrons. The molecule has 0 heterocycles. The maximum Gasteiger partial charge on any atom is 0.225 e. The van der Waals surface area contributed by atoms with Gasteiger partial charge in [-0.3, -0.25) is 4.79 Å². The van der Waals surface area contributed by atoms with Crippen LogP contribution < -0.4 is 5.32 Å². The van der Waals surface area contributed by atoms with Crippen LogP contribution >= 0.6 is 0 Å². The van der Waals surface area contributed by atoms with Crippen molar-refractivity contribution in [3.05, 3.63) is 29.8 Å². The summed E-state index contributed by atoms with van der Waals surface area (Å²) in [5.41, 5.74) is -0.120. The fourth-order valence-corrected chi connectivity index (χ4v) is 4.18. The third-order valence-corrected chi connectivity index (χ3v) is 5.51. The summed E-state index contributed by atoms with van der Waals surface area (Å²) in [6.45, 7) is 0.0537. The Kier molecular flexibility index (Phi) is 6.28. The van der Waals surface area contributed by atoms with Gasteiger partial charge in [-0.2, -0.15) is 4.31 Å². The summed E-state index contributed by atoms with van der Waals surface area (Å²) >= 11 is 0. The van der Waals surface area contributed by atoms with Crippen LogP contribution in [-0.2, 0) is 14.8 Å². The number of nitrogens with one attached hydrogen (secondary N) is 1. The zero-order valence-electron chi connectivity index (χ0n) is 13.6. The highest BCUT2D eigenvalue weighted by Gasteiger charge is 2.28. The molecule has 1 aliphatic carbocycles. The summed E-state index contributed by atoms with van der Waals surface area (Å²) in [5.74, 6) is -2.10. The number of carbonyl (C=O) groups is 1. The monoisotopic (exact) mass is 360 g/mol. The molecule has 1 N–H and O–H groups in total. The van der Waals surface area contributed by atoms with Gasteiger partial charge in [-0.1, -0.05) is 19.3 Å². The Morgan fingerprint density at radius 1 is 1.25 bits per heavy atom. The van der Waals surface area contributed by atoms with Gasteiger partial charge in [-0.15, -0.1) is 0 Å². The molecule has 1 aromatic rings. The van der Waals surface area contributed by atoms with Gasteiger partial charge >= 0.3 is 0 Å². The lowest BCUT2D eigenvalue weighted by molar-refractivity contribution is -0.116. The Morgan fingerprint density at radius 2 is 1.92 bits per heavy atom. The van der Waals surface area contributed by atoms with Crippen LogP contribution in [0.2, 0.25) is 0 Å². The molecule has 5 nitrogen and oxygen atoms in total. The summed E-state index contributed by atoms with van der Waals surface area (Å²) in [7, 11) is -3.42. The lowest BCUT2D eigenvalue weighted by Gasteiger charge is -2.32. The number of anilines is 1. The fraction of sp³-hybridized carbons (Fsp3) is 0.562. The predicted molar refractivity (Wildman–Crippen MR) is 88.0 cm³/mol. The highest BCUT2D eigenvalue weighted by atomic mass is 32.2. The first-order valence-electron chi connectivity index (χ1n) is 7.99. The number of amides is 1. The highest BCUT2D eigenvalue weighted by Crippen LogP contribution is 2.24. The van der Waals surface area contributed by atoms with E-state index < -0.39 is 27.6 Å². The molecule has 0 radical (unpaired) electrons. The van der Waals surface area contributed by atoms with Crippen LogP contribution in [0, 0.1) is 11.6 Å². The molecule has 1 aliphatic rings. The van der Waals surface area contributed by atoms with Crippen molar-refractivity contribution in [2.75, 3.05) is 18.1 Å². The van der Waals surface area contributed by atoms with Crippen LogP contribution in [0.5, 0.6) is 0 Å². The number of sulfonamides is 1. The number of hydrogen-bond donors (Lipinski definition) is 1. The van der Waals surface area contributed by atoms with Gasteiger partial charge in [0.15, 0.2) is 0 Å². The van der Waals surface area contributed by atoms with E-state index in [2.05, 4.69) is 5.32 Å². The van der Waals surface area contributed by atoms with Crippen molar-refractivity contribution in [2.45, 2.75) is 44.6 Å². The Hall–Kier alpha value is -1.54. The highest BCUT2D eigenvalue weighted by molar-refractivity contribution is 7.88. The minimum atomic E-state index is -3.42. The summed E-state index contributed by atoms with van der Waals surface area (Å²) in [5, 5.41) is 2.35. The van der Waals surface area contributed by atoms with E-state index in [9.17, 15) is 22.0 Å². The van der Waals surface area contributed by atoms with Crippen molar-refractivity contribution < 1.29 is 22.0 Å². The van der Waals surface area contributed by atoms with Gasteiger partial charge in [0.1, 0.15) is 11.6 Å². The molecule has 0 saturated heterocycles. The van der Waals surface area contributed by atoms with Crippen LogP contribution in [0.3, 0.4) is 0 Å². The molecule has 0 unspecified atom stereocenters. The van der Waals surface area contributed by atoms with E-state index in [-0.39, 0.29) is 24.7 Å². The van der Waals surface area contributed by atoms with Crippen LogP contribution in [0.15, 0.2) is 18.2 Å². The van der Waals surface area contributed by atoms with Crippen molar-refractivity contribution in [2.24, 2.45) is 0 Å². The van der Waals surface area contributed by atoms with Gasteiger partial charge in [0.2, 0.25) is 15.9 Å². The molecule has 8 heteroatoms. The minimum Gasteiger partial charge on any atom is -0.324 e. The zero-order chi connectivity index (χ0) is 17.7. The SMILES string of the molecule is CS(=O)(=O)N(CCC(=O)Nc1ccc(F)cc1F)C1CCCCC1. The van der Waals surface area contributed by atoms with E-state index in [4.69, 9.17) is 0 Å². The Morgan fingerprint density at radius 3 is 2.50 bits per heavy atom.